The van der Waals surface area contributed by atoms with Crippen molar-refractivity contribution in [2.75, 3.05) is 12.4 Å². The second-order valence-corrected chi connectivity index (χ2v) is 7.64. The fourth-order valence-electron chi connectivity index (χ4n) is 2.93. The molecule has 140 valence electrons. The van der Waals surface area contributed by atoms with Crippen LogP contribution in [0.2, 0.25) is 0 Å². The maximum absolute atomic E-state index is 12.3. The van der Waals surface area contributed by atoms with E-state index in [1.807, 2.05) is 6.92 Å². The van der Waals surface area contributed by atoms with Crippen molar-refractivity contribution in [3.05, 3.63) is 34.9 Å². The molecule has 0 bridgehead atoms. The average molecular weight is 375 g/mol. The number of tetrazole rings is 1. The number of benzene rings is 1. The highest BCUT2D eigenvalue weighted by Gasteiger charge is 2.19. The summed E-state index contributed by atoms with van der Waals surface area (Å²) in [6.07, 6.45) is 2.27. The van der Waals surface area contributed by atoms with Gasteiger partial charge < -0.3 is 10.1 Å². The summed E-state index contributed by atoms with van der Waals surface area (Å²) in [6.45, 7) is 7.59. The largest absolute Gasteiger partial charge is 0.376 e. The van der Waals surface area contributed by atoms with Crippen molar-refractivity contribution in [2.45, 2.75) is 57.5 Å². The van der Waals surface area contributed by atoms with Crippen LogP contribution in [0.15, 0.2) is 23.4 Å². The average Bonchev–Trinajstić information content (AvgIpc) is 3.28. The third-order valence-electron chi connectivity index (χ3n) is 4.64. The molecule has 0 aliphatic carbocycles. The number of ether oxygens (including phenoxy) is 1. The molecular weight excluding hydrogens is 350 g/mol. The van der Waals surface area contributed by atoms with E-state index in [1.165, 1.54) is 22.9 Å². The lowest BCUT2D eigenvalue weighted by molar-refractivity contribution is -0.119. The Morgan fingerprint density at radius 1 is 1.42 bits per heavy atom. The Labute approximate surface area is 157 Å². The van der Waals surface area contributed by atoms with Crippen molar-refractivity contribution in [3.63, 3.8) is 0 Å². The zero-order valence-corrected chi connectivity index (χ0v) is 16.3. The number of thioether (sulfide) groups is 1. The number of nitrogens with one attached hydrogen (secondary N) is 1. The summed E-state index contributed by atoms with van der Waals surface area (Å²) in [5, 5.41) is 15.4. The quantitative estimate of drug-likeness (QED) is 0.749. The molecule has 7 nitrogen and oxygen atoms in total. The molecule has 1 N–H and O–H groups in total. The Morgan fingerprint density at radius 2 is 2.27 bits per heavy atom. The van der Waals surface area contributed by atoms with E-state index >= 15 is 0 Å². The van der Waals surface area contributed by atoms with Gasteiger partial charge in [-0.05, 0) is 60.7 Å². The first kappa shape index (κ1) is 18.8. The van der Waals surface area contributed by atoms with E-state index in [0.717, 1.165) is 25.0 Å². The van der Waals surface area contributed by atoms with Crippen molar-refractivity contribution in [1.82, 2.24) is 25.5 Å². The van der Waals surface area contributed by atoms with Crippen molar-refractivity contribution in [2.24, 2.45) is 0 Å². The van der Waals surface area contributed by atoms with Gasteiger partial charge >= 0.3 is 0 Å². The summed E-state index contributed by atoms with van der Waals surface area (Å²) in [4.78, 5) is 12.3. The molecular formula is C18H25N5O2S. The molecule has 26 heavy (non-hydrogen) atoms. The third kappa shape index (κ3) is 4.82. The molecule has 1 fully saturated rings. The smallest absolute Gasteiger partial charge is 0.230 e. The minimum Gasteiger partial charge on any atom is -0.376 e. The first-order chi connectivity index (χ1) is 12.5. The lowest BCUT2D eigenvalue weighted by Crippen LogP contribution is -2.28. The molecule has 0 saturated carbocycles. The van der Waals surface area contributed by atoms with E-state index in [4.69, 9.17) is 4.74 Å². The van der Waals surface area contributed by atoms with Crippen LogP contribution >= 0.6 is 11.8 Å². The molecule has 2 atom stereocenters. The Morgan fingerprint density at radius 3 is 3.00 bits per heavy atom. The summed E-state index contributed by atoms with van der Waals surface area (Å²) in [5.74, 6) is 0.244. The molecule has 3 rings (SSSR count). The zero-order valence-electron chi connectivity index (χ0n) is 15.4. The molecule has 2 heterocycles. The van der Waals surface area contributed by atoms with Crippen LogP contribution in [0.3, 0.4) is 0 Å². The van der Waals surface area contributed by atoms with Crippen molar-refractivity contribution in [1.29, 1.82) is 0 Å². The third-order valence-corrected chi connectivity index (χ3v) is 5.60. The summed E-state index contributed by atoms with van der Waals surface area (Å²) >= 11 is 1.35. The second-order valence-electron chi connectivity index (χ2n) is 6.70. The summed E-state index contributed by atoms with van der Waals surface area (Å²) in [5.41, 5.74) is 3.59. The predicted octanol–water partition coefficient (Wildman–Crippen LogP) is 2.44. The number of hydrogen-bond donors (Lipinski definition) is 1. The first-order valence-corrected chi connectivity index (χ1v) is 9.88. The summed E-state index contributed by atoms with van der Waals surface area (Å²) in [7, 11) is 0. The van der Waals surface area contributed by atoms with Gasteiger partial charge in [-0.25, -0.2) is 4.68 Å². The fourth-order valence-corrected chi connectivity index (χ4v) is 3.62. The van der Waals surface area contributed by atoms with E-state index in [0.29, 0.717) is 11.7 Å². The lowest BCUT2D eigenvalue weighted by atomic mass is 10.0. The van der Waals surface area contributed by atoms with Crippen LogP contribution in [0.5, 0.6) is 0 Å². The number of aromatic nitrogens is 4. The van der Waals surface area contributed by atoms with E-state index in [1.54, 1.807) is 4.68 Å². The SMILES string of the molecule is Cc1ccc(C(C)NC(=O)CSc2nnnn2CC2CCCO2)cc1C. The molecule has 1 saturated heterocycles. The Hall–Kier alpha value is -1.93. The monoisotopic (exact) mass is 375 g/mol. The summed E-state index contributed by atoms with van der Waals surface area (Å²) < 4.78 is 7.34. The topological polar surface area (TPSA) is 81.9 Å². The van der Waals surface area contributed by atoms with Crippen LogP contribution in [-0.4, -0.2) is 44.6 Å². The second kappa shape index (κ2) is 8.64. The zero-order chi connectivity index (χ0) is 18.5. The van der Waals surface area contributed by atoms with Gasteiger partial charge in [-0.1, -0.05) is 30.0 Å². The van der Waals surface area contributed by atoms with Gasteiger partial charge in [0.1, 0.15) is 0 Å². The predicted molar refractivity (Wildman–Crippen MR) is 100.0 cm³/mol. The highest BCUT2D eigenvalue weighted by atomic mass is 32.2. The maximum Gasteiger partial charge on any atom is 0.230 e. The Kier molecular flexibility index (Phi) is 6.26. The number of hydrogen-bond acceptors (Lipinski definition) is 6. The van der Waals surface area contributed by atoms with E-state index in [2.05, 4.69) is 52.9 Å². The van der Waals surface area contributed by atoms with Gasteiger partial charge in [-0.15, -0.1) is 5.10 Å². The van der Waals surface area contributed by atoms with Gasteiger partial charge in [0.25, 0.3) is 0 Å². The van der Waals surface area contributed by atoms with Crippen LogP contribution < -0.4 is 5.32 Å². The van der Waals surface area contributed by atoms with Gasteiger partial charge in [0.2, 0.25) is 11.1 Å². The number of carbonyl (C=O) groups excluding carboxylic acids is 1. The molecule has 1 aromatic carbocycles. The Bertz CT molecular complexity index is 758. The lowest BCUT2D eigenvalue weighted by Gasteiger charge is -2.15. The van der Waals surface area contributed by atoms with Crippen LogP contribution in [0.25, 0.3) is 0 Å². The molecule has 1 amide bonds. The van der Waals surface area contributed by atoms with Gasteiger partial charge in [0.05, 0.1) is 24.4 Å². The fraction of sp³-hybridized carbons (Fsp3) is 0.556. The molecule has 2 aromatic rings. The minimum absolute atomic E-state index is 0.0348. The number of amides is 1. The van der Waals surface area contributed by atoms with Gasteiger partial charge in [0.15, 0.2) is 0 Å². The van der Waals surface area contributed by atoms with Crippen LogP contribution in [0.1, 0.15) is 42.5 Å². The van der Waals surface area contributed by atoms with Crippen LogP contribution in [0.4, 0.5) is 0 Å². The van der Waals surface area contributed by atoms with Crippen LogP contribution in [-0.2, 0) is 16.1 Å². The maximum atomic E-state index is 12.3. The van der Waals surface area contributed by atoms with E-state index < -0.39 is 0 Å². The molecule has 1 aliphatic heterocycles. The van der Waals surface area contributed by atoms with Gasteiger partial charge in [-0.2, -0.15) is 0 Å². The van der Waals surface area contributed by atoms with Gasteiger partial charge in [0, 0.05) is 6.61 Å². The number of aryl methyl sites for hydroxylation is 2. The minimum atomic E-state index is -0.0368. The number of rotatable bonds is 7. The summed E-state index contributed by atoms with van der Waals surface area (Å²) in [6, 6.07) is 6.23. The van der Waals surface area contributed by atoms with Crippen molar-refractivity contribution in [3.8, 4) is 0 Å². The molecule has 8 heteroatoms. The van der Waals surface area contributed by atoms with Crippen molar-refractivity contribution < 1.29 is 9.53 Å². The Balaban J connectivity index is 1.51. The van der Waals surface area contributed by atoms with Gasteiger partial charge in [-0.3, -0.25) is 4.79 Å². The first-order valence-electron chi connectivity index (χ1n) is 8.90. The highest BCUT2D eigenvalue weighted by molar-refractivity contribution is 7.99. The molecule has 2 unspecified atom stereocenters. The van der Waals surface area contributed by atoms with Crippen molar-refractivity contribution >= 4 is 17.7 Å². The van der Waals surface area contributed by atoms with Crippen LogP contribution in [0, 0.1) is 13.8 Å². The van der Waals surface area contributed by atoms with E-state index in [-0.39, 0.29) is 23.8 Å². The molecule has 0 spiro atoms. The molecule has 1 aromatic heterocycles. The normalized spacial score (nSPS) is 18.0. The molecule has 1 aliphatic rings. The highest BCUT2D eigenvalue weighted by Crippen LogP contribution is 2.20. The molecule has 0 radical (unpaired) electrons. The number of carbonyl (C=O) groups is 1. The number of nitrogens with zero attached hydrogens (tertiary/aromatic N) is 4. The van der Waals surface area contributed by atoms with E-state index in [9.17, 15) is 4.79 Å². The standard InChI is InChI=1S/C18H25N5O2S/c1-12-6-7-15(9-13(12)2)14(3)19-17(24)11-26-18-20-21-22-23(18)10-16-5-4-8-25-16/h6-7,9,14,16H,4-5,8,10-11H2,1-3H3,(H,19,24).